The van der Waals surface area contributed by atoms with Gasteiger partial charge in [0.2, 0.25) is 5.91 Å². The van der Waals surface area contributed by atoms with Crippen LogP contribution in [-0.4, -0.2) is 39.2 Å². The lowest BCUT2D eigenvalue weighted by Gasteiger charge is -2.20. The normalized spacial score (nSPS) is 12.9. The summed E-state index contributed by atoms with van der Waals surface area (Å²) in [6.45, 7) is 0. The van der Waals surface area contributed by atoms with Gasteiger partial charge in [-0.1, -0.05) is 36.5 Å². The molecule has 152 valence electrons. The summed E-state index contributed by atoms with van der Waals surface area (Å²) in [6, 6.07) is 9.08. The molecule has 0 saturated heterocycles. The van der Waals surface area contributed by atoms with Crippen molar-refractivity contribution in [3.05, 3.63) is 59.9 Å². The van der Waals surface area contributed by atoms with E-state index < -0.39 is 24.0 Å². The second-order valence-corrected chi connectivity index (χ2v) is 6.61. The molecule has 9 nitrogen and oxygen atoms in total. The first kappa shape index (κ1) is 21.9. The fraction of sp³-hybridized carbons (Fsp3) is 0.211. The van der Waals surface area contributed by atoms with Gasteiger partial charge in [-0.25, -0.2) is 0 Å². The number of amides is 1. The van der Waals surface area contributed by atoms with E-state index in [-0.39, 0.29) is 17.8 Å². The smallest absolute Gasteiger partial charge is 0.305 e. The second-order valence-electron chi connectivity index (χ2n) is 6.17. The van der Waals surface area contributed by atoms with Gasteiger partial charge in [0.05, 0.1) is 29.7 Å². The minimum absolute atomic E-state index is 0.116. The summed E-state index contributed by atoms with van der Waals surface area (Å²) >= 11 is 5.30. The lowest BCUT2D eigenvalue weighted by atomic mass is 10.1. The van der Waals surface area contributed by atoms with E-state index >= 15 is 0 Å². The third-order valence-electron chi connectivity index (χ3n) is 3.98. The van der Waals surface area contributed by atoms with Crippen LogP contribution in [0.2, 0.25) is 0 Å². The first-order valence-corrected chi connectivity index (χ1v) is 9.11. The van der Waals surface area contributed by atoms with Crippen molar-refractivity contribution in [2.75, 3.05) is 5.32 Å². The van der Waals surface area contributed by atoms with Crippen LogP contribution < -0.4 is 22.2 Å². The first-order valence-electron chi connectivity index (χ1n) is 8.70. The zero-order valence-corrected chi connectivity index (χ0v) is 16.3. The molecule has 10 heteroatoms. The fourth-order valence-electron chi connectivity index (χ4n) is 2.58. The Hall–Kier alpha value is -3.37. The largest absolute Gasteiger partial charge is 0.481 e. The number of carboxylic acids is 1. The van der Waals surface area contributed by atoms with Crippen molar-refractivity contribution in [3.63, 3.8) is 0 Å². The van der Waals surface area contributed by atoms with Crippen LogP contribution in [0.3, 0.4) is 0 Å². The Morgan fingerprint density at radius 2 is 2.00 bits per heavy atom. The van der Waals surface area contributed by atoms with Crippen LogP contribution in [0.4, 0.5) is 5.69 Å². The highest BCUT2D eigenvalue weighted by Gasteiger charge is 2.21. The molecule has 0 saturated carbocycles. The lowest BCUT2D eigenvalue weighted by Crippen LogP contribution is -2.40. The van der Waals surface area contributed by atoms with E-state index in [2.05, 4.69) is 20.7 Å². The molecule has 0 aliphatic rings. The third kappa shape index (κ3) is 6.94. The van der Waals surface area contributed by atoms with E-state index in [0.29, 0.717) is 16.8 Å². The molecule has 1 amide bonds. The number of aromatic nitrogens is 1. The Morgan fingerprint density at radius 3 is 2.66 bits per heavy atom. The summed E-state index contributed by atoms with van der Waals surface area (Å²) in [5, 5.41) is 18.3. The Balaban J connectivity index is 2.00. The van der Waals surface area contributed by atoms with E-state index in [4.69, 9.17) is 28.9 Å². The Labute approximate surface area is 173 Å². The number of nitrogens with zero attached hydrogens (tertiary/aromatic N) is 2. The predicted molar refractivity (Wildman–Crippen MR) is 114 cm³/mol. The van der Waals surface area contributed by atoms with Gasteiger partial charge in [-0.3, -0.25) is 14.6 Å². The van der Waals surface area contributed by atoms with E-state index in [1.165, 1.54) is 12.4 Å². The van der Waals surface area contributed by atoms with Crippen LogP contribution in [0.1, 0.15) is 30.0 Å². The van der Waals surface area contributed by atoms with Gasteiger partial charge in [-0.2, -0.15) is 5.10 Å². The van der Waals surface area contributed by atoms with Gasteiger partial charge in [-0.15, -0.1) is 0 Å². The monoisotopic (exact) mass is 414 g/mol. The molecule has 1 heterocycles. The first-order chi connectivity index (χ1) is 13.9. The van der Waals surface area contributed by atoms with Crippen LogP contribution in [0.25, 0.3) is 0 Å². The van der Waals surface area contributed by atoms with Gasteiger partial charge in [0.15, 0.2) is 0 Å². The van der Waals surface area contributed by atoms with Crippen LogP contribution in [-0.2, 0) is 9.59 Å². The van der Waals surface area contributed by atoms with Crippen molar-refractivity contribution in [2.45, 2.75) is 24.9 Å². The molecular weight excluding hydrogens is 392 g/mol. The van der Waals surface area contributed by atoms with Crippen molar-refractivity contribution < 1.29 is 14.7 Å². The van der Waals surface area contributed by atoms with Crippen LogP contribution in [0.15, 0.2) is 53.9 Å². The number of rotatable bonds is 9. The second kappa shape index (κ2) is 10.8. The Morgan fingerprint density at radius 1 is 1.24 bits per heavy atom. The van der Waals surface area contributed by atoms with Crippen molar-refractivity contribution in [3.8, 4) is 0 Å². The van der Waals surface area contributed by atoms with Crippen LogP contribution in [0, 0.1) is 0 Å². The maximum atomic E-state index is 12.4. The number of aliphatic carboxylic acids is 1. The number of hydrazone groups is 1. The fourth-order valence-corrected chi connectivity index (χ4v) is 2.78. The SMILES string of the molecule is NN=Cc1ccccc1NC(=S)C(N)CC(=O)NC(CC(=O)O)c1cccnc1. The molecule has 7 N–H and O–H groups in total. The number of hydrogen-bond donors (Lipinski definition) is 5. The number of anilines is 1. The van der Waals surface area contributed by atoms with E-state index in [1.54, 1.807) is 36.5 Å². The minimum atomic E-state index is -1.04. The standard InChI is InChI=1S/C19H22N6O3S/c20-14(19(29)25-15-6-2-1-4-13(15)11-23-21)8-17(26)24-16(9-18(27)28)12-5-3-7-22-10-12/h1-7,10-11,14,16H,8-9,20-21H2,(H,24,26)(H,25,29)(H,27,28). The number of nitrogens with one attached hydrogen (secondary N) is 2. The summed E-state index contributed by atoms with van der Waals surface area (Å²) < 4.78 is 0. The summed E-state index contributed by atoms with van der Waals surface area (Å²) in [6.07, 6.45) is 4.15. The molecule has 0 bridgehead atoms. The summed E-state index contributed by atoms with van der Waals surface area (Å²) in [7, 11) is 0. The van der Waals surface area contributed by atoms with Gasteiger partial charge in [0, 0.05) is 30.1 Å². The number of para-hydroxylation sites is 1. The number of carbonyl (C=O) groups is 2. The molecule has 0 fully saturated rings. The number of thiocarbonyl (C=S) groups is 1. The quantitative estimate of drug-likeness (QED) is 0.177. The van der Waals surface area contributed by atoms with Crippen molar-refractivity contribution >= 4 is 41.0 Å². The predicted octanol–water partition coefficient (Wildman–Crippen LogP) is 1.16. The van der Waals surface area contributed by atoms with Gasteiger partial charge in [0.1, 0.15) is 0 Å². The number of carboxylic acid groups (broad SMARTS) is 1. The van der Waals surface area contributed by atoms with Crippen LogP contribution in [0.5, 0.6) is 0 Å². The molecule has 0 spiro atoms. The maximum Gasteiger partial charge on any atom is 0.305 e. The molecule has 0 aliphatic carbocycles. The number of benzene rings is 1. The summed E-state index contributed by atoms with van der Waals surface area (Å²) in [5.41, 5.74) is 8.01. The lowest BCUT2D eigenvalue weighted by molar-refractivity contribution is -0.137. The van der Waals surface area contributed by atoms with Crippen molar-refractivity contribution in [1.82, 2.24) is 10.3 Å². The van der Waals surface area contributed by atoms with Crippen molar-refractivity contribution in [2.24, 2.45) is 16.7 Å². The summed E-state index contributed by atoms with van der Waals surface area (Å²) in [4.78, 5) is 27.8. The highest BCUT2D eigenvalue weighted by atomic mass is 32.1. The topological polar surface area (TPSA) is 156 Å². The average Bonchev–Trinajstić information content (AvgIpc) is 2.69. The number of nitrogens with two attached hydrogens (primary N) is 2. The van der Waals surface area contributed by atoms with E-state index in [9.17, 15) is 9.59 Å². The molecule has 1 aromatic heterocycles. The number of carbonyl (C=O) groups excluding carboxylic acids is 1. The minimum Gasteiger partial charge on any atom is -0.481 e. The molecule has 0 radical (unpaired) electrons. The number of hydrogen-bond acceptors (Lipinski definition) is 7. The third-order valence-corrected chi connectivity index (χ3v) is 4.38. The maximum absolute atomic E-state index is 12.4. The van der Waals surface area contributed by atoms with Gasteiger partial charge in [-0.05, 0) is 17.7 Å². The van der Waals surface area contributed by atoms with Gasteiger partial charge < -0.3 is 27.3 Å². The van der Waals surface area contributed by atoms with E-state index in [0.717, 1.165) is 0 Å². The Bertz CT molecular complexity index is 891. The van der Waals surface area contributed by atoms with Crippen molar-refractivity contribution in [1.29, 1.82) is 0 Å². The highest BCUT2D eigenvalue weighted by Crippen LogP contribution is 2.17. The average molecular weight is 414 g/mol. The molecule has 2 unspecified atom stereocenters. The Kier molecular flexibility index (Phi) is 8.19. The molecule has 29 heavy (non-hydrogen) atoms. The van der Waals surface area contributed by atoms with Crippen LogP contribution >= 0.6 is 12.2 Å². The van der Waals surface area contributed by atoms with Gasteiger partial charge in [0.25, 0.3) is 0 Å². The molecule has 0 aliphatic heterocycles. The molecule has 1 aromatic carbocycles. The van der Waals surface area contributed by atoms with E-state index in [1.807, 2.05) is 6.07 Å². The number of pyridine rings is 1. The van der Waals surface area contributed by atoms with Gasteiger partial charge >= 0.3 is 5.97 Å². The molecule has 2 rings (SSSR count). The summed E-state index contributed by atoms with van der Waals surface area (Å²) in [5.74, 6) is 3.73. The molecule has 2 aromatic rings. The highest BCUT2D eigenvalue weighted by molar-refractivity contribution is 7.80. The zero-order valence-electron chi connectivity index (χ0n) is 15.5. The molecular formula is C19H22N6O3S. The molecule has 2 atom stereocenters. The zero-order chi connectivity index (χ0) is 21.2.